The SMILES string of the molecule is COc1cc2nc(-c3ccc(C)o3)cc(NC3CCN(C)CC3)c2cc1OC.O=C(O)C(F)(F)F. The predicted molar refractivity (Wildman–Crippen MR) is 125 cm³/mol. The maximum Gasteiger partial charge on any atom is 0.490 e. The number of nitrogens with one attached hydrogen (secondary N) is 1. The van der Waals surface area contributed by atoms with E-state index >= 15 is 0 Å². The number of halogens is 3. The first-order valence-corrected chi connectivity index (χ1v) is 10.9. The number of hydrogen-bond donors (Lipinski definition) is 2. The number of likely N-dealkylation sites (tertiary alicyclic amines) is 1. The summed E-state index contributed by atoms with van der Waals surface area (Å²) in [5.74, 6) is 0.243. The third kappa shape index (κ3) is 6.56. The molecule has 2 N–H and O–H groups in total. The average molecular weight is 495 g/mol. The number of aryl methyl sites for hydroxylation is 1. The number of anilines is 1. The van der Waals surface area contributed by atoms with Crippen molar-refractivity contribution in [3.05, 3.63) is 36.1 Å². The highest BCUT2D eigenvalue weighted by atomic mass is 19.4. The molecule has 35 heavy (non-hydrogen) atoms. The lowest BCUT2D eigenvalue weighted by Crippen LogP contribution is -2.36. The Kier molecular flexibility index (Phi) is 8.11. The second-order valence-corrected chi connectivity index (χ2v) is 8.21. The van der Waals surface area contributed by atoms with Crippen LogP contribution in [0.4, 0.5) is 18.9 Å². The summed E-state index contributed by atoms with van der Waals surface area (Å²) in [6.45, 7) is 4.14. The zero-order valence-corrected chi connectivity index (χ0v) is 19.9. The van der Waals surface area contributed by atoms with Crippen LogP contribution in [0.5, 0.6) is 11.5 Å². The molecule has 11 heteroatoms. The van der Waals surface area contributed by atoms with Crippen molar-refractivity contribution in [2.24, 2.45) is 0 Å². The van der Waals surface area contributed by atoms with Gasteiger partial charge in [0, 0.05) is 23.2 Å². The van der Waals surface area contributed by atoms with E-state index < -0.39 is 12.1 Å². The molecular formula is C24H28F3N3O5. The first-order valence-electron chi connectivity index (χ1n) is 10.9. The summed E-state index contributed by atoms with van der Waals surface area (Å²) in [7, 11) is 5.47. The van der Waals surface area contributed by atoms with E-state index in [9.17, 15) is 13.2 Å². The van der Waals surface area contributed by atoms with Gasteiger partial charge in [0.1, 0.15) is 11.5 Å². The number of fused-ring (bicyclic) bond motifs is 1. The van der Waals surface area contributed by atoms with E-state index in [0.29, 0.717) is 17.5 Å². The molecule has 3 aromatic rings. The number of ether oxygens (including phenoxy) is 2. The van der Waals surface area contributed by atoms with E-state index in [1.165, 1.54) is 0 Å². The fraction of sp³-hybridized carbons (Fsp3) is 0.417. The Bertz CT molecular complexity index is 1170. The molecule has 8 nitrogen and oxygen atoms in total. The van der Waals surface area contributed by atoms with Crippen LogP contribution in [0.1, 0.15) is 18.6 Å². The number of rotatable bonds is 5. The molecule has 0 unspecified atom stereocenters. The molecule has 1 aliphatic heterocycles. The number of piperidine rings is 1. The van der Waals surface area contributed by atoms with Crippen molar-refractivity contribution in [2.45, 2.75) is 32.0 Å². The molecule has 1 aliphatic rings. The summed E-state index contributed by atoms with van der Waals surface area (Å²) < 4.78 is 48.6. The van der Waals surface area contributed by atoms with Gasteiger partial charge in [0.25, 0.3) is 0 Å². The third-order valence-corrected chi connectivity index (χ3v) is 5.63. The average Bonchev–Trinajstić information content (AvgIpc) is 3.25. The van der Waals surface area contributed by atoms with Crippen molar-refractivity contribution in [1.82, 2.24) is 9.88 Å². The van der Waals surface area contributed by atoms with E-state index in [-0.39, 0.29) is 0 Å². The number of aromatic nitrogens is 1. The summed E-state index contributed by atoms with van der Waals surface area (Å²) >= 11 is 0. The molecule has 0 aliphatic carbocycles. The van der Waals surface area contributed by atoms with Crippen LogP contribution in [0.2, 0.25) is 0 Å². The maximum absolute atomic E-state index is 10.6. The minimum atomic E-state index is -5.08. The van der Waals surface area contributed by atoms with Gasteiger partial charge in [-0.3, -0.25) is 0 Å². The number of nitrogens with zero attached hydrogens (tertiary/aromatic N) is 2. The van der Waals surface area contributed by atoms with Crippen LogP contribution < -0.4 is 14.8 Å². The molecule has 3 heterocycles. The Balaban J connectivity index is 0.000000429. The lowest BCUT2D eigenvalue weighted by Gasteiger charge is -2.30. The maximum atomic E-state index is 10.6. The van der Waals surface area contributed by atoms with Crippen LogP contribution in [-0.4, -0.2) is 67.5 Å². The molecule has 0 radical (unpaired) electrons. The molecule has 190 valence electrons. The van der Waals surface area contributed by atoms with E-state index in [0.717, 1.165) is 59.7 Å². The minimum Gasteiger partial charge on any atom is -0.493 e. The van der Waals surface area contributed by atoms with Gasteiger partial charge in [-0.2, -0.15) is 13.2 Å². The summed E-state index contributed by atoms with van der Waals surface area (Å²) in [5, 5.41) is 11.9. The predicted octanol–water partition coefficient (Wildman–Crippen LogP) is 4.96. The molecule has 1 fully saturated rings. The van der Waals surface area contributed by atoms with Crippen LogP contribution in [0.15, 0.2) is 34.7 Å². The number of hydrogen-bond acceptors (Lipinski definition) is 7. The lowest BCUT2D eigenvalue weighted by atomic mass is 10.0. The van der Waals surface area contributed by atoms with E-state index in [2.05, 4.69) is 23.3 Å². The van der Waals surface area contributed by atoms with Crippen LogP contribution in [0, 0.1) is 6.92 Å². The van der Waals surface area contributed by atoms with Gasteiger partial charge in [0.15, 0.2) is 17.3 Å². The van der Waals surface area contributed by atoms with Crippen molar-refractivity contribution in [1.29, 1.82) is 0 Å². The molecule has 0 spiro atoms. The molecule has 0 atom stereocenters. The highest BCUT2D eigenvalue weighted by molar-refractivity contribution is 5.95. The number of pyridine rings is 1. The third-order valence-electron chi connectivity index (χ3n) is 5.63. The number of benzene rings is 1. The molecule has 1 saturated heterocycles. The largest absolute Gasteiger partial charge is 0.493 e. The Labute approximate surface area is 200 Å². The quantitative estimate of drug-likeness (QED) is 0.513. The smallest absolute Gasteiger partial charge is 0.490 e. The van der Waals surface area contributed by atoms with Crippen LogP contribution in [0.3, 0.4) is 0 Å². The van der Waals surface area contributed by atoms with Crippen LogP contribution >= 0.6 is 0 Å². The standard InChI is InChI=1S/C22H27N3O3.C2HF3O2/c1-14-5-6-20(28-14)19-12-17(23-15-7-9-25(2)10-8-15)16-11-21(26-3)22(27-4)13-18(16)24-19;3-2(4,5)1(6)7/h5-6,11-13,15H,7-10H2,1-4H3,(H,23,24);(H,6,7). The van der Waals surface area contributed by atoms with Crippen molar-refractivity contribution in [3.8, 4) is 23.0 Å². The zero-order valence-electron chi connectivity index (χ0n) is 19.9. The van der Waals surface area contributed by atoms with Crippen molar-refractivity contribution in [2.75, 3.05) is 39.7 Å². The lowest BCUT2D eigenvalue weighted by molar-refractivity contribution is -0.192. The molecule has 4 rings (SSSR count). The van der Waals surface area contributed by atoms with E-state index in [1.54, 1.807) is 14.2 Å². The second kappa shape index (κ2) is 10.9. The fourth-order valence-electron chi connectivity index (χ4n) is 3.74. The van der Waals surface area contributed by atoms with Crippen molar-refractivity contribution < 1.29 is 37.0 Å². The van der Waals surface area contributed by atoms with Gasteiger partial charge < -0.3 is 29.2 Å². The van der Waals surface area contributed by atoms with Gasteiger partial charge in [-0.1, -0.05) is 0 Å². The summed E-state index contributed by atoms with van der Waals surface area (Å²) in [4.78, 5) is 16.1. The number of carbonyl (C=O) groups is 1. The monoisotopic (exact) mass is 495 g/mol. The summed E-state index contributed by atoms with van der Waals surface area (Å²) in [5.41, 5.74) is 2.70. The Hall–Kier alpha value is -3.47. The van der Waals surface area contributed by atoms with Crippen LogP contribution in [0.25, 0.3) is 22.4 Å². The number of aliphatic carboxylic acids is 1. The van der Waals surface area contributed by atoms with Gasteiger partial charge in [0.2, 0.25) is 0 Å². The van der Waals surface area contributed by atoms with Gasteiger partial charge in [-0.05, 0) is 64.2 Å². The topological polar surface area (TPSA) is 97.1 Å². The number of carboxylic acid groups (broad SMARTS) is 1. The minimum absolute atomic E-state index is 0.432. The molecule has 1 aromatic carbocycles. The molecule has 2 aromatic heterocycles. The molecule has 0 amide bonds. The fourth-order valence-corrected chi connectivity index (χ4v) is 3.74. The van der Waals surface area contributed by atoms with Gasteiger partial charge >= 0.3 is 12.1 Å². The normalized spacial score (nSPS) is 14.8. The van der Waals surface area contributed by atoms with E-state index in [1.807, 2.05) is 31.2 Å². The molecule has 0 saturated carbocycles. The van der Waals surface area contributed by atoms with Gasteiger partial charge in [0.05, 0.1) is 19.7 Å². The summed E-state index contributed by atoms with van der Waals surface area (Å²) in [6.07, 6.45) is -2.86. The Morgan fingerprint density at radius 3 is 2.26 bits per heavy atom. The number of methoxy groups -OCH3 is 2. The first-order chi connectivity index (χ1) is 16.5. The Morgan fingerprint density at radius 1 is 1.14 bits per heavy atom. The first kappa shape index (κ1) is 26.1. The Morgan fingerprint density at radius 2 is 1.74 bits per heavy atom. The van der Waals surface area contributed by atoms with Crippen molar-refractivity contribution in [3.63, 3.8) is 0 Å². The second-order valence-electron chi connectivity index (χ2n) is 8.21. The highest BCUT2D eigenvalue weighted by Crippen LogP contribution is 2.37. The van der Waals surface area contributed by atoms with E-state index in [4.69, 9.17) is 28.8 Å². The van der Waals surface area contributed by atoms with Gasteiger partial charge in [-0.25, -0.2) is 9.78 Å². The van der Waals surface area contributed by atoms with Gasteiger partial charge in [-0.15, -0.1) is 0 Å². The van der Waals surface area contributed by atoms with Crippen LogP contribution in [-0.2, 0) is 4.79 Å². The zero-order chi connectivity index (χ0) is 25.8. The number of carboxylic acids is 1. The molecule has 0 bridgehead atoms. The summed E-state index contributed by atoms with van der Waals surface area (Å²) in [6, 6.07) is 10.3. The van der Waals surface area contributed by atoms with Crippen molar-refractivity contribution >= 4 is 22.6 Å². The number of alkyl halides is 3. The number of furan rings is 1. The highest BCUT2D eigenvalue weighted by Gasteiger charge is 2.38. The molecular weight excluding hydrogens is 467 g/mol.